The molecule has 0 aromatic heterocycles. The van der Waals surface area contributed by atoms with Crippen molar-refractivity contribution >= 4 is 11.8 Å². The van der Waals surface area contributed by atoms with Crippen LogP contribution in [0, 0.1) is 5.92 Å². The van der Waals surface area contributed by atoms with Gasteiger partial charge in [-0.3, -0.25) is 9.59 Å². The molecule has 1 saturated heterocycles. The quantitative estimate of drug-likeness (QED) is 0.697. The summed E-state index contributed by atoms with van der Waals surface area (Å²) in [7, 11) is 3.27. The topological polar surface area (TPSA) is 67.9 Å². The van der Waals surface area contributed by atoms with Gasteiger partial charge in [-0.15, -0.1) is 0 Å². The van der Waals surface area contributed by atoms with Gasteiger partial charge in [0.15, 0.2) is 0 Å². The summed E-state index contributed by atoms with van der Waals surface area (Å²) < 4.78 is 10.6. The van der Waals surface area contributed by atoms with Crippen molar-refractivity contribution in [3.63, 3.8) is 0 Å². The molecule has 1 aliphatic heterocycles. The average Bonchev–Trinajstić information content (AvgIpc) is 3.22. The minimum atomic E-state index is -0.332. The van der Waals surface area contributed by atoms with Gasteiger partial charge in [0.05, 0.1) is 13.0 Å². The first-order chi connectivity index (χ1) is 14.2. The molecule has 2 aromatic rings. The van der Waals surface area contributed by atoms with Crippen molar-refractivity contribution in [1.29, 1.82) is 0 Å². The highest BCUT2D eigenvalue weighted by Gasteiger charge is 2.41. The Balaban J connectivity index is 1.82. The summed E-state index contributed by atoms with van der Waals surface area (Å²) in [6, 6.07) is 16.9. The lowest BCUT2D eigenvalue weighted by Crippen LogP contribution is -2.36. The van der Waals surface area contributed by atoms with E-state index in [0.717, 1.165) is 17.7 Å². The van der Waals surface area contributed by atoms with Crippen molar-refractivity contribution < 1.29 is 19.1 Å². The van der Waals surface area contributed by atoms with Crippen LogP contribution in [-0.4, -0.2) is 57.2 Å². The zero-order valence-electron chi connectivity index (χ0n) is 17.0. The summed E-state index contributed by atoms with van der Waals surface area (Å²) >= 11 is 0. The minimum absolute atomic E-state index is 0.0413. The summed E-state index contributed by atoms with van der Waals surface area (Å²) in [5, 5.41) is 3.00. The monoisotopic (exact) mass is 396 g/mol. The van der Waals surface area contributed by atoms with Gasteiger partial charge in [0.25, 0.3) is 5.91 Å². The summed E-state index contributed by atoms with van der Waals surface area (Å²) in [5.74, 6) is 0.187. The van der Waals surface area contributed by atoms with Crippen LogP contribution in [0.15, 0.2) is 54.6 Å². The maximum atomic E-state index is 13.0. The van der Waals surface area contributed by atoms with E-state index in [4.69, 9.17) is 9.47 Å². The number of carbonyl (C=O) groups excluding carboxylic acids is 2. The molecule has 1 fully saturated rings. The fraction of sp³-hybridized carbons (Fsp3) is 0.391. The number of hydrogen-bond acceptors (Lipinski definition) is 4. The first-order valence-electron chi connectivity index (χ1n) is 9.89. The predicted octanol–water partition coefficient (Wildman–Crippen LogP) is 2.70. The Labute approximate surface area is 171 Å². The summed E-state index contributed by atoms with van der Waals surface area (Å²) in [5.41, 5.74) is 1.59. The average molecular weight is 396 g/mol. The molecule has 0 unspecified atom stereocenters. The molecule has 1 heterocycles. The van der Waals surface area contributed by atoms with E-state index >= 15 is 0 Å². The maximum Gasteiger partial charge on any atom is 0.253 e. The summed E-state index contributed by atoms with van der Waals surface area (Å²) in [4.78, 5) is 27.7. The van der Waals surface area contributed by atoms with Crippen molar-refractivity contribution in [2.75, 3.05) is 40.5 Å². The smallest absolute Gasteiger partial charge is 0.253 e. The van der Waals surface area contributed by atoms with Crippen molar-refractivity contribution in [2.24, 2.45) is 5.92 Å². The highest BCUT2D eigenvalue weighted by atomic mass is 16.5. The molecular formula is C23H28N2O4. The Bertz CT molecular complexity index is 825. The lowest BCUT2D eigenvalue weighted by atomic mass is 9.87. The van der Waals surface area contributed by atoms with E-state index in [1.165, 1.54) is 0 Å². The molecule has 0 spiro atoms. The lowest BCUT2D eigenvalue weighted by Gasteiger charge is -2.20. The third kappa shape index (κ3) is 4.95. The SMILES string of the molecule is COCCCNC(=O)[C@@H]1CN(C(=O)c2ccccc2)C[C@@H]1c1ccccc1OC. The lowest BCUT2D eigenvalue weighted by molar-refractivity contribution is -0.124. The van der Waals surface area contributed by atoms with E-state index in [2.05, 4.69) is 5.32 Å². The van der Waals surface area contributed by atoms with Crippen LogP contribution in [0.4, 0.5) is 0 Å². The normalized spacial score (nSPS) is 18.5. The minimum Gasteiger partial charge on any atom is -0.496 e. The molecule has 2 aromatic carbocycles. The Kier molecular flexibility index (Phi) is 7.25. The fourth-order valence-corrected chi connectivity index (χ4v) is 3.85. The van der Waals surface area contributed by atoms with Gasteiger partial charge in [0.1, 0.15) is 5.75 Å². The number of methoxy groups -OCH3 is 2. The number of benzene rings is 2. The van der Waals surface area contributed by atoms with Crippen LogP contribution in [0.5, 0.6) is 5.75 Å². The van der Waals surface area contributed by atoms with E-state index in [1.54, 1.807) is 31.3 Å². The van der Waals surface area contributed by atoms with Crippen LogP contribution in [0.25, 0.3) is 0 Å². The number of amides is 2. The third-order valence-electron chi connectivity index (χ3n) is 5.33. The van der Waals surface area contributed by atoms with Gasteiger partial charge in [0, 0.05) is 44.8 Å². The van der Waals surface area contributed by atoms with Crippen molar-refractivity contribution in [2.45, 2.75) is 12.3 Å². The van der Waals surface area contributed by atoms with Crippen LogP contribution >= 0.6 is 0 Å². The molecule has 1 aliphatic rings. The highest BCUT2D eigenvalue weighted by Crippen LogP contribution is 2.38. The van der Waals surface area contributed by atoms with Crippen molar-refractivity contribution in [3.8, 4) is 5.75 Å². The van der Waals surface area contributed by atoms with E-state index in [0.29, 0.717) is 31.8 Å². The largest absolute Gasteiger partial charge is 0.496 e. The molecule has 3 rings (SSSR count). The van der Waals surface area contributed by atoms with E-state index in [-0.39, 0.29) is 23.7 Å². The van der Waals surface area contributed by atoms with Crippen LogP contribution < -0.4 is 10.1 Å². The molecule has 154 valence electrons. The molecule has 6 heteroatoms. The molecule has 29 heavy (non-hydrogen) atoms. The number of nitrogens with one attached hydrogen (secondary N) is 1. The van der Waals surface area contributed by atoms with Gasteiger partial charge in [-0.25, -0.2) is 0 Å². The zero-order valence-corrected chi connectivity index (χ0v) is 17.0. The Morgan fingerprint density at radius 3 is 2.48 bits per heavy atom. The van der Waals surface area contributed by atoms with E-state index in [9.17, 15) is 9.59 Å². The standard InChI is InChI=1S/C23H28N2O4/c1-28-14-8-13-24-22(26)20-16-25(23(27)17-9-4-3-5-10-17)15-19(20)18-11-6-7-12-21(18)29-2/h3-7,9-12,19-20H,8,13-16H2,1-2H3,(H,24,26)/t19-,20-/m1/s1. The fourth-order valence-electron chi connectivity index (χ4n) is 3.85. The molecule has 0 saturated carbocycles. The summed E-state index contributed by atoms with van der Waals surface area (Å²) in [6.07, 6.45) is 0.751. The number of nitrogens with zero attached hydrogens (tertiary/aromatic N) is 1. The van der Waals surface area contributed by atoms with Crippen LogP contribution in [0.3, 0.4) is 0 Å². The van der Waals surface area contributed by atoms with Crippen LogP contribution in [0.1, 0.15) is 28.3 Å². The summed E-state index contributed by atoms with van der Waals surface area (Å²) in [6.45, 7) is 2.00. The van der Waals surface area contributed by atoms with Gasteiger partial charge in [0.2, 0.25) is 5.91 Å². The molecular weight excluding hydrogens is 368 g/mol. The Morgan fingerprint density at radius 1 is 1.03 bits per heavy atom. The highest BCUT2D eigenvalue weighted by molar-refractivity contribution is 5.95. The molecule has 2 amide bonds. The number of rotatable bonds is 8. The molecule has 2 atom stereocenters. The molecule has 0 aliphatic carbocycles. The van der Waals surface area contributed by atoms with E-state index < -0.39 is 0 Å². The van der Waals surface area contributed by atoms with Gasteiger partial charge in [-0.2, -0.15) is 0 Å². The number of para-hydroxylation sites is 1. The van der Waals surface area contributed by atoms with Crippen molar-refractivity contribution in [3.05, 3.63) is 65.7 Å². The molecule has 0 radical (unpaired) electrons. The molecule has 0 bridgehead atoms. The van der Waals surface area contributed by atoms with Gasteiger partial charge < -0.3 is 19.7 Å². The first kappa shape index (κ1) is 20.9. The van der Waals surface area contributed by atoms with E-state index in [1.807, 2.05) is 42.5 Å². The second-order valence-corrected chi connectivity index (χ2v) is 7.17. The Hall–Kier alpha value is -2.86. The van der Waals surface area contributed by atoms with Gasteiger partial charge >= 0.3 is 0 Å². The van der Waals surface area contributed by atoms with Gasteiger partial charge in [-0.05, 0) is 30.2 Å². The second kappa shape index (κ2) is 10.1. The number of carbonyl (C=O) groups is 2. The van der Waals surface area contributed by atoms with Crippen molar-refractivity contribution in [1.82, 2.24) is 10.2 Å². The van der Waals surface area contributed by atoms with Gasteiger partial charge in [-0.1, -0.05) is 36.4 Å². The van der Waals surface area contributed by atoms with Crippen LogP contribution in [0.2, 0.25) is 0 Å². The molecule has 1 N–H and O–H groups in total. The second-order valence-electron chi connectivity index (χ2n) is 7.17. The zero-order chi connectivity index (χ0) is 20.6. The number of ether oxygens (including phenoxy) is 2. The predicted molar refractivity (Wildman–Crippen MR) is 111 cm³/mol. The molecule has 6 nitrogen and oxygen atoms in total. The Morgan fingerprint density at radius 2 is 1.76 bits per heavy atom. The number of likely N-dealkylation sites (tertiary alicyclic amines) is 1. The maximum absolute atomic E-state index is 13.0. The third-order valence-corrected chi connectivity index (χ3v) is 5.33. The van der Waals surface area contributed by atoms with Crippen LogP contribution in [-0.2, 0) is 9.53 Å². The first-order valence-corrected chi connectivity index (χ1v) is 9.89. The number of hydrogen-bond donors (Lipinski definition) is 1.